The van der Waals surface area contributed by atoms with E-state index in [2.05, 4.69) is 0 Å². The van der Waals surface area contributed by atoms with E-state index in [9.17, 15) is 14.5 Å². The van der Waals surface area contributed by atoms with Crippen LogP contribution < -0.4 is 0 Å². The van der Waals surface area contributed by atoms with E-state index >= 15 is 0 Å². The molecule has 5 heteroatoms. The first-order chi connectivity index (χ1) is 6.94. The van der Waals surface area contributed by atoms with Gasteiger partial charge in [-0.15, -0.1) is 0 Å². The molecule has 0 aromatic carbocycles. The summed E-state index contributed by atoms with van der Waals surface area (Å²) < 4.78 is 11.7. The summed E-state index contributed by atoms with van der Waals surface area (Å²) in [4.78, 5) is 10.7. The Morgan fingerprint density at radius 1 is 1.40 bits per heavy atom. The molecule has 0 saturated heterocycles. The lowest BCUT2D eigenvalue weighted by atomic mass is 9.91. The minimum atomic E-state index is -2.46. The van der Waals surface area contributed by atoms with E-state index in [1.165, 1.54) is 6.42 Å². The Morgan fingerprint density at radius 3 is 2.40 bits per heavy atom. The van der Waals surface area contributed by atoms with E-state index in [-0.39, 0.29) is 0 Å². The van der Waals surface area contributed by atoms with Crippen molar-refractivity contribution in [2.75, 3.05) is 6.16 Å². The average Bonchev–Trinajstić information content (AvgIpc) is 2.18. The standard InChI is InChI=1S/C10H19O4P/c1-10(13,9(11)12)15(14)7-8-5-3-2-4-6-8/h8,13,15H,2-7H2,1H3,(H,11,12). The predicted molar refractivity (Wildman–Crippen MR) is 58.7 cm³/mol. The molecule has 1 aliphatic carbocycles. The number of carboxylic acids is 1. The van der Waals surface area contributed by atoms with Gasteiger partial charge in [-0.1, -0.05) is 32.1 Å². The van der Waals surface area contributed by atoms with Crippen molar-refractivity contribution in [1.82, 2.24) is 0 Å². The van der Waals surface area contributed by atoms with Gasteiger partial charge in [-0.2, -0.15) is 0 Å². The van der Waals surface area contributed by atoms with Gasteiger partial charge in [0.2, 0.25) is 5.34 Å². The van der Waals surface area contributed by atoms with E-state index in [1.54, 1.807) is 0 Å². The third kappa shape index (κ3) is 3.32. The molecule has 0 bridgehead atoms. The molecule has 0 aromatic heterocycles. The Kier molecular flexibility index (Phi) is 4.35. The second-order valence-electron chi connectivity index (χ2n) is 4.51. The van der Waals surface area contributed by atoms with Crippen LogP contribution in [0, 0.1) is 5.92 Å². The maximum atomic E-state index is 11.7. The zero-order valence-electron chi connectivity index (χ0n) is 9.03. The van der Waals surface area contributed by atoms with Gasteiger partial charge >= 0.3 is 5.97 Å². The summed E-state index contributed by atoms with van der Waals surface area (Å²) in [6.07, 6.45) is 5.90. The maximum Gasteiger partial charge on any atom is 0.342 e. The van der Waals surface area contributed by atoms with Crippen molar-refractivity contribution in [2.24, 2.45) is 5.92 Å². The van der Waals surface area contributed by atoms with E-state index in [4.69, 9.17) is 5.11 Å². The summed E-state index contributed by atoms with van der Waals surface area (Å²) in [5.41, 5.74) is 0. The summed E-state index contributed by atoms with van der Waals surface area (Å²) in [5.74, 6) is -1.03. The highest BCUT2D eigenvalue weighted by Crippen LogP contribution is 2.41. The van der Waals surface area contributed by atoms with E-state index in [0.29, 0.717) is 12.1 Å². The third-order valence-electron chi connectivity index (χ3n) is 3.16. The molecule has 0 spiro atoms. The number of aliphatic hydroxyl groups is 1. The van der Waals surface area contributed by atoms with Crippen LogP contribution in [0.3, 0.4) is 0 Å². The molecule has 0 aromatic rings. The fourth-order valence-corrected chi connectivity index (χ4v) is 3.54. The van der Waals surface area contributed by atoms with Crippen LogP contribution in [-0.2, 0) is 9.36 Å². The molecule has 88 valence electrons. The number of aliphatic carboxylic acids is 1. The van der Waals surface area contributed by atoms with Crippen molar-refractivity contribution in [3.8, 4) is 0 Å². The average molecular weight is 234 g/mol. The van der Waals surface area contributed by atoms with Crippen LogP contribution in [0.25, 0.3) is 0 Å². The molecule has 0 amide bonds. The molecule has 1 saturated carbocycles. The van der Waals surface area contributed by atoms with Crippen molar-refractivity contribution in [1.29, 1.82) is 0 Å². The molecule has 4 nitrogen and oxygen atoms in total. The summed E-state index contributed by atoms with van der Waals surface area (Å²) in [6.45, 7) is 1.14. The first-order valence-electron chi connectivity index (χ1n) is 5.43. The fourth-order valence-electron chi connectivity index (χ4n) is 1.97. The predicted octanol–water partition coefficient (Wildman–Crippen LogP) is 1.92. The monoisotopic (exact) mass is 234 g/mol. The molecule has 2 N–H and O–H groups in total. The fraction of sp³-hybridized carbons (Fsp3) is 0.900. The first kappa shape index (κ1) is 12.7. The summed E-state index contributed by atoms with van der Waals surface area (Å²) >= 11 is 0. The van der Waals surface area contributed by atoms with Crippen LogP contribution in [0.2, 0.25) is 0 Å². The van der Waals surface area contributed by atoms with Crippen LogP contribution >= 0.6 is 7.80 Å². The van der Waals surface area contributed by atoms with Gasteiger partial charge in [0.05, 0.1) is 0 Å². The molecule has 1 aliphatic rings. The van der Waals surface area contributed by atoms with Gasteiger partial charge in [-0.3, -0.25) is 0 Å². The Bertz CT molecular complexity index is 256. The van der Waals surface area contributed by atoms with Gasteiger partial charge in [0.1, 0.15) is 7.80 Å². The smallest absolute Gasteiger partial charge is 0.342 e. The van der Waals surface area contributed by atoms with Gasteiger partial charge in [-0.25, -0.2) is 4.79 Å². The van der Waals surface area contributed by atoms with Crippen molar-refractivity contribution < 1.29 is 19.6 Å². The number of hydrogen-bond acceptors (Lipinski definition) is 3. The molecule has 2 atom stereocenters. The van der Waals surface area contributed by atoms with Gasteiger partial charge in [0.15, 0.2) is 0 Å². The molecular weight excluding hydrogens is 215 g/mol. The summed E-state index contributed by atoms with van der Waals surface area (Å²) in [7, 11) is -2.46. The van der Waals surface area contributed by atoms with Crippen LogP contribution in [0.4, 0.5) is 0 Å². The zero-order chi connectivity index (χ0) is 11.5. The van der Waals surface area contributed by atoms with Crippen LogP contribution in [-0.4, -0.2) is 27.7 Å². The summed E-state index contributed by atoms with van der Waals surface area (Å²) in [6, 6.07) is 0. The normalized spacial score (nSPS) is 24.4. The minimum absolute atomic E-state index is 0.343. The molecule has 0 heterocycles. The third-order valence-corrected chi connectivity index (χ3v) is 5.41. The molecule has 1 fully saturated rings. The lowest BCUT2D eigenvalue weighted by Gasteiger charge is -2.24. The number of hydrogen-bond donors (Lipinski definition) is 2. The van der Waals surface area contributed by atoms with E-state index < -0.39 is 19.1 Å². The Hall–Kier alpha value is -0.340. The van der Waals surface area contributed by atoms with Crippen LogP contribution in [0.5, 0.6) is 0 Å². The van der Waals surface area contributed by atoms with Crippen LogP contribution in [0.1, 0.15) is 39.0 Å². The first-order valence-corrected chi connectivity index (χ1v) is 7.05. The number of rotatable bonds is 4. The number of carbonyl (C=O) groups is 1. The highest BCUT2D eigenvalue weighted by Gasteiger charge is 2.37. The van der Waals surface area contributed by atoms with Crippen molar-refractivity contribution in [3.63, 3.8) is 0 Å². The second kappa shape index (κ2) is 5.13. The quantitative estimate of drug-likeness (QED) is 0.729. The topological polar surface area (TPSA) is 74.6 Å². The molecule has 0 radical (unpaired) electrons. The Balaban J connectivity index is 2.50. The van der Waals surface area contributed by atoms with E-state index in [0.717, 1.165) is 32.6 Å². The lowest BCUT2D eigenvalue weighted by molar-refractivity contribution is -0.148. The molecule has 15 heavy (non-hydrogen) atoms. The summed E-state index contributed by atoms with van der Waals surface area (Å²) in [5, 5.41) is 16.2. The van der Waals surface area contributed by atoms with Crippen molar-refractivity contribution >= 4 is 13.8 Å². The largest absolute Gasteiger partial charge is 0.479 e. The van der Waals surface area contributed by atoms with Crippen molar-refractivity contribution in [3.05, 3.63) is 0 Å². The molecular formula is C10H19O4P. The molecule has 2 unspecified atom stereocenters. The Labute approximate surface area is 90.5 Å². The highest BCUT2D eigenvalue weighted by atomic mass is 31.1. The highest BCUT2D eigenvalue weighted by molar-refractivity contribution is 7.47. The molecule has 0 aliphatic heterocycles. The minimum Gasteiger partial charge on any atom is -0.479 e. The van der Waals surface area contributed by atoms with Gasteiger partial charge < -0.3 is 14.8 Å². The van der Waals surface area contributed by atoms with Gasteiger partial charge in [0.25, 0.3) is 0 Å². The second-order valence-corrected chi connectivity index (χ2v) is 6.74. The van der Waals surface area contributed by atoms with Gasteiger partial charge in [-0.05, 0) is 12.8 Å². The Morgan fingerprint density at radius 2 is 1.93 bits per heavy atom. The van der Waals surface area contributed by atoms with Gasteiger partial charge in [0, 0.05) is 6.16 Å². The SMILES string of the molecule is CC(O)(C(=O)O)[PH](=O)CC1CCCCC1. The van der Waals surface area contributed by atoms with E-state index in [1.807, 2.05) is 0 Å². The maximum absolute atomic E-state index is 11.7. The number of carboxylic acid groups (broad SMARTS) is 1. The zero-order valence-corrected chi connectivity index (χ0v) is 10.0. The molecule has 1 rings (SSSR count). The lowest BCUT2D eigenvalue weighted by Crippen LogP contribution is -2.32. The van der Waals surface area contributed by atoms with Crippen LogP contribution in [0.15, 0.2) is 0 Å². The van der Waals surface area contributed by atoms with Crippen molar-refractivity contribution in [2.45, 2.75) is 44.4 Å².